The topological polar surface area (TPSA) is 54.4 Å². The van der Waals surface area contributed by atoms with E-state index in [-0.39, 0.29) is 12.1 Å². The van der Waals surface area contributed by atoms with Gasteiger partial charge in [0.1, 0.15) is 0 Å². The summed E-state index contributed by atoms with van der Waals surface area (Å²) < 4.78 is 5.15. The molecule has 1 unspecified atom stereocenters. The van der Waals surface area contributed by atoms with Gasteiger partial charge in [-0.25, -0.2) is 0 Å². The van der Waals surface area contributed by atoms with E-state index in [1.165, 1.54) is 0 Å². The second-order valence-corrected chi connectivity index (χ2v) is 5.25. The van der Waals surface area contributed by atoms with Crippen molar-refractivity contribution in [2.75, 3.05) is 20.3 Å². The number of methoxy groups -OCH3 is 1. The number of rotatable bonds is 7. The largest absolute Gasteiger partial charge is 0.396 e. The molecule has 1 heterocycles. The summed E-state index contributed by atoms with van der Waals surface area (Å²) in [5, 5.41) is 13.4. The van der Waals surface area contributed by atoms with Crippen LogP contribution in [0.2, 0.25) is 10.0 Å². The van der Waals surface area contributed by atoms with E-state index in [9.17, 15) is 0 Å². The van der Waals surface area contributed by atoms with Crippen LogP contribution in [0.15, 0.2) is 12.3 Å². The molecule has 0 aliphatic rings. The molecule has 0 saturated heterocycles. The Morgan fingerprint density at radius 2 is 2.22 bits per heavy atom. The standard InChI is InChI=1S/C12H18Cl2N2O2/c1-12(3-4-17,8-18-2)16-7-11-10(14)5-9(13)6-15-11/h5-6,16-17H,3-4,7-8H2,1-2H3. The van der Waals surface area contributed by atoms with Gasteiger partial charge in [0.25, 0.3) is 0 Å². The van der Waals surface area contributed by atoms with Crippen molar-refractivity contribution in [1.82, 2.24) is 10.3 Å². The molecule has 4 nitrogen and oxygen atoms in total. The Labute approximate surface area is 117 Å². The van der Waals surface area contributed by atoms with Crippen molar-refractivity contribution in [3.63, 3.8) is 0 Å². The molecule has 1 aromatic heterocycles. The highest BCUT2D eigenvalue weighted by Crippen LogP contribution is 2.19. The first-order chi connectivity index (χ1) is 8.50. The van der Waals surface area contributed by atoms with Gasteiger partial charge in [-0.3, -0.25) is 4.98 Å². The van der Waals surface area contributed by atoms with Crippen molar-refractivity contribution in [2.45, 2.75) is 25.4 Å². The van der Waals surface area contributed by atoms with Crippen molar-refractivity contribution in [1.29, 1.82) is 0 Å². The van der Waals surface area contributed by atoms with Crippen LogP contribution in [-0.2, 0) is 11.3 Å². The number of aliphatic hydroxyl groups is 1. The first-order valence-corrected chi connectivity index (χ1v) is 6.41. The van der Waals surface area contributed by atoms with Gasteiger partial charge >= 0.3 is 0 Å². The number of ether oxygens (including phenoxy) is 1. The van der Waals surface area contributed by atoms with E-state index in [1.807, 2.05) is 6.92 Å². The molecule has 102 valence electrons. The molecule has 1 atom stereocenters. The van der Waals surface area contributed by atoms with E-state index in [1.54, 1.807) is 19.4 Å². The summed E-state index contributed by atoms with van der Waals surface area (Å²) in [4.78, 5) is 4.17. The third-order valence-electron chi connectivity index (χ3n) is 2.69. The average Bonchev–Trinajstić information content (AvgIpc) is 2.28. The number of aliphatic hydroxyl groups excluding tert-OH is 1. The summed E-state index contributed by atoms with van der Waals surface area (Å²) in [6.45, 7) is 3.07. The van der Waals surface area contributed by atoms with Crippen LogP contribution in [0.1, 0.15) is 19.0 Å². The predicted molar refractivity (Wildman–Crippen MR) is 73.1 cm³/mol. The third-order valence-corrected chi connectivity index (χ3v) is 3.23. The first-order valence-electron chi connectivity index (χ1n) is 5.65. The molecule has 0 spiro atoms. The van der Waals surface area contributed by atoms with Crippen LogP contribution in [0.25, 0.3) is 0 Å². The molecule has 0 amide bonds. The zero-order valence-electron chi connectivity index (χ0n) is 10.5. The quantitative estimate of drug-likeness (QED) is 0.809. The summed E-state index contributed by atoms with van der Waals surface area (Å²) in [6, 6.07) is 1.66. The number of nitrogens with zero attached hydrogens (tertiary/aromatic N) is 1. The lowest BCUT2D eigenvalue weighted by molar-refractivity contribution is 0.0967. The summed E-state index contributed by atoms with van der Waals surface area (Å²) in [7, 11) is 1.63. The lowest BCUT2D eigenvalue weighted by Crippen LogP contribution is -2.46. The van der Waals surface area contributed by atoms with E-state index < -0.39 is 0 Å². The van der Waals surface area contributed by atoms with Gasteiger partial charge in [0.15, 0.2) is 0 Å². The van der Waals surface area contributed by atoms with Crippen LogP contribution in [0.5, 0.6) is 0 Å². The maximum Gasteiger partial charge on any atom is 0.0728 e. The Morgan fingerprint density at radius 3 is 2.78 bits per heavy atom. The van der Waals surface area contributed by atoms with E-state index in [4.69, 9.17) is 33.0 Å². The molecule has 0 radical (unpaired) electrons. The maximum atomic E-state index is 9.06. The number of hydrogen-bond acceptors (Lipinski definition) is 4. The highest BCUT2D eigenvalue weighted by atomic mass is 35.5. The molecule has 0 bridgehead atoms. The lowest BCUT2D eigenvalue weighted by atomic mass is 9.99. The van der Waals surface area contributed by atoms with Crippen LogP contribution >= 0.6 is 23.2 Å². The molecule has 6 heteroatoms. The van der Waals surface area contributed by atoms with E-state index in [0.29, 0.717) is 29.6 Å². The predicted octanol–water partition coefficient (Wildman–Crippen LogP) is 2.27. The molecule has 0 fully saturated rings. The number of pyridine rings is 1. The molecule has 0 aliphatic carbocycles. The Balaban J connectivity index is 2.66. The minimum Gasteiger partial charge on any atom is -0.396 e. The summed E-state index contributed by atoms with van der Waals surface area (Å²) >= 11 is 11.8. The minimum atomic E-state index is -0.311. The van der Waals surface area contributed by atoms with Gasteiger partial charge in [-0.05, 0) is 19.4 Å². The van der Waals surface area contributed by atoms with Crippen LogP contribution in [0.4, 0.5) is 0 Å². The minimum absolute atomic E-state index is 0.0919. The van der Waals surface area contributed by atoms with Gasteiger partial charge in [-0.2, -0.15) is 0 Å². The molecule has 0 saturated carbocycles. The third kappa shape index (κ3) is 4.71. The van der Waals surface area contributed by atoms with E-state index >= 15 is 0 Å². The van der Waals surface area contributed by atoms with E-state index in [0.717, 1.165) is 5.69 Å². The molecule has 2 N–H and O–H groups in total. The summed E-state index contributed by atoms with van der Waals surface area (Å²) in [6.07, 6.45) is 2.15. The molecular weight excluding hydrogens is 275 g/mol. The zero-order valence-corrected chi connectivity index (χ0v) is 12.1. The van der Waals surface area contributed by atoms with E-state index in [2.05, 4.69) is 10.3 Å². The van der Waals surface area contributed by atoms with Crippen LogP contribution < -0.4 is 5.32 Å². The Morgan fingerprint density at radius 1 is 1.50 bits per heavy atom. The second-order valence-electron chi connectivity index (χ2n) is 4.40. The van der Waals surface area contributed by atoms with Gasteiger partial charge in [0, 0.05) is 32.0 Å². The highest BCUT2D eigenvalue weighted by molar-refractivity contribution is 6.34. The summed E-state index contributed by atoms with van der Waals surface area (Å²) in [5.74, 6) is 0. The van der Waals surface area contributed by atoms with Gasteiger partial charge in [-0.15, -0.1) is 0 Å². The number of halogens is 2. The SMILES string of the molecule is COCC(C)(CCO)NCc1ncc(Cl)cc1Cl. The van der Waals surface area contributed by atoms with Crippen LogP contribution in [-0.4, -0.2) is 36.0 Å². The number of hydrogen-bond donors (Lipinski definition) is 2. The molecule has 18 heavy (non-hydrogen) atoms. The van der Waals surface area contributed by atoms with Crippen LogP contribution in [0.3, 0.4) is 0 Å². The molecule has 1 rings (SSSR count). The maximum absolute atomic E-state index is 9.06. The molecule has 0 aromatic carbocycles. The Hall–Kier alpha value is -0.390. The van der Waals surface area contributed by atoms with Crippen molar-refractivity contribution in [2.24, 2.45) is 0 Å². The fourth-order valence-electron chi connectivity index (χ4n) is 1.65. The van der Waals surface area contributed by atoms with Gasteiger partial charge in [-0.1, -0.05) is 23.2 Å². The smallest absolute Gasteiger partial charge is 0.0728 e. The molecule has 0 aliphatic heterocycles. The first kappa shape index (κ1) is 15.7. The van der Waals surface area contributed by atoms with Gasteiger partial charge in [0.05, 0.1) is 22.3 Å². The molecular formula is C12H18Cl2N2O2. The van der Waals surface area contributed by atoms with Crippen molar-refractivity contribution >= 4 is 23.2 Å². The van der Waals surface area contributed by atoms with Crippen molar-refractivity contribution in [3.8, 4) is 0 Å². The van der Waals surface area contributed by atoms with Gasteiger partial charge in [0.2, 0.25) is 0 Å². The second kappa shape index (κ2) is 7.26. The monoisotopic (exact) mass is 292 g/mol. The highest BCUT2D eigenvalue weighted by Gasteiger charge is 2.23. The fraction of sp³-hybridized carbons (Fsp3) is 0.583. The zero-order chi connectivity index (χ0) is 13.6. The van der Waals surface area contributed by atoms with Gasteiger partial charge < -0.3 is 15.2 Å². The Kier molecular flexibility index (Phi) is 6.32. The fourth-order valence-corrected chi connectivity index (χ4v) is 2.09. The lowest BCUT2D eigenvalue weighted by Gasteiger charge is -2.29. The normalized spacial score (nSPS) is 14.5. The number of aromatic nitrogens is 1. The summed E-state index contributed by atoms with van der Waals surface area (Å²) in [5.41, 5.74) is 0.412. The van der Waals surface area contributed by atoms with Crippen molar-refractivity contribution < 1.29 is 9.84 Å². The Bertz CT molecular complexity index is 382. The number of nitrogens with one attached hydrogen (secondary N) is 1. The average molecular weight is 293 g/mol. The van der Waals surface area contributed by atoms with Crippen molar-refractivity contribution in [3.05, 3.63) is 28.0 Å². The molecule has 1 aromatic rings. The van der Waals surface area contributed by atoms with Crippen LogP contribution in [0, 0.1) is 0 Å².